The fourth-order valence-electron chi connectivity index (χ4n) is 3.70. The molecule has 1 aliphatic rings. The van der Waals surface area contributed by atoms with Gasteiger partial charge in [0, 0.05) is 6.42 Å². The van der Waals surface area contributed by atoms with E-state index in [1.54, 1.807) is 6.08 Å². The van der Waals surface area contributed by atoms with Gasteiger partial charge in [0.25, 0.3) is 0 Å². The Morgan fingerprint density at radius 1 is 1.03 bits per heavy atom. The van der Waals surface area contributed by atoms with Gasteiger partial charge in [-0.05, 0) is 43.1 Å². The van der Waals surface area contributed by atoms with Gasteiger partial charge in [-0.3, -0.25) is 14.4 Å². The fourth-order valence-corrected chi connectivity index (χ4v) is 3.70. The van der Waals surface area contributed by atoms with Crippen molar-refractivity contribution in [3.63, 3.8) is 0 Å². The van der Waals surface area contributed by atoms with E-state index < -0.39 is 6.04 Å². The Morgan fingerprint density at radius 2 is 1.77 bits per heavy atom. The molecule has 170 valence electrons. The molecule has 2 amide bonds. The van der Waals surface area contributed by atoms with Crippen LogP contribution in [0.3, 0.4) is 0 Å². The highest BCUT2D eigenvalue weighted by atomic mass is 16.5. The maximum atomic E-state index is 13.2. The Bertz CT molecular complexity index is 745. The lowest BCUT2D eigenvalue weighted by Crippen LogP contribution is -2.49. The van der Waals surface area contributed by atoms with Crippen LogP contribution < -0.4 is 10.6 Å². The van der Waals surface area contributed by atoms with Crippen molar-refractivity contribution in [3.05, 3.63) is 48.0 Å². The van der Waals surface area contributed by atoms with Crippen LogP contribution in [0.5, 0.6) is 0 Å². The van der Waals surface area contributed by atoms with Crippen LogP contribution in [0.1, 0.15) is 70.9 Å². The number of hydrogen-bond acceptors (Lipinski definition) is 4. The molecule has 0 saturated carbocycles. The Morgan fingerprint density at radius 3 is 2.48 bits per heavy atom. The zero-order valence-corrected chi connectivity index (χ0v) is 18.9. The summed E-state index contributed by atoms with van der Waals surface area (Å²) in [5.41, 5.74) is 0.975. The van der Waals surface area contributed by atoms with Gasteiger partial charge >= 0.3 is 5.97 Å². The van der Waals surface area contributed by atoms with Crippen molar-refractivity contribution in [2.24, 2.45) is 11.8 Å². The second-order valence-electron chi connectivity index (χ2n) is 8.67. The number of carbonyl (C=O) groups is 3. The molecule has 1 aromatic rings. The molecule has 6 nitrogen and oxygen atoms in total. The molecule has 2 N–H and O–H groups in total. The van der Waals surface area contributed by atoms with E-state index in [0.29, 0.717) is 25.9 Å². The molecule has 0 saturated heterocycles. The van der Waals surface area contributed by atoms with E-state index in [2.05, 4.69) is 10.6 Å². The largest absolute Gasteiger partial charge is 0.465 e. The third kappa shape index (κ3) is 8.95. The van der Waals surface area contributed by atoms with E-state index in [1.165, 1.54) is 0 Å². The number of cyclic esters (lactones) is 1. The molecule has 31 heavy (non-hydrogen) atoms. The van der Waals surface area contributed by atoms with Gasteiger partial charge in [0.15, 0.2) is 0 Å². The van der Waals surface area contributed by atoms with Crippen molar-refractivity contribution in [1.82, 2.24) is 10.6 Å². The number of carbonyl (C=O) groups excluding carboxylic acids is 3. The van der Waals surface area contributed by atoms with Crippen molar-refractivity contribution in [3.8, 4) is 0 Å². The van der Waals surface area contributed by atoms with Gasteiger partial charge in [0.2, 0.25) is 11.8 Å². The minimum absolute atomic E-state index is 0.0507. The molecular weight excluding hydrogens is 392 g/mol. The van der Waals surface area contributed by atoms with E-state index in [-0.39, 0.29) is 42.1 Å². The summed E-state index contributed by atoms with van der Waals surface area (Å²) < 4.78 is 5.26. The van der Waals surface area contributed by atoms with Gasteiger partial charge in [0.05, 0.1) is 19.1 Å². The molecule has 0 unspecified atom stereocenters. The van der Waals surface area contributed by atoms with Crippen LogP contribution in [0.25, 0.3) is 0 Å². The predicted octanol–water partition coefficient (Wildman–Crippen LogP) is 4.07. The third-order valence-electron chi connectivity index (χ3n) is 5.38. The summed E-state index contributed by atoms with van der Waals surface area (Å²) in [5.74, 6) is -0.347. The van der Waals surface area contributed by atoms with Crippen molar-refractivity contribution in [2.45, 2.75) is 71.4 Å². The Kier molecular flexibility index (Phi) is 10.3. The standard InChI is InChI=1S/C25H36N2O4/c1-18(2)17-21-25(30)27-24(20-12-6-4-7-13-20)19(3)11-10-15-23(29)31-16-9-5-8-14-22(28)26-21/h4,6-7,10-13,18-19,21,24H,5,8-9,14-17H2,1-3H3,(H,26,28)(H,27,30)/b11-10+/t19-,21+,24+/m0/s1. The average Bonchev–Trinajstić information content (AvgIpc) is 2.73. The van der Waals surface area contributed by atoms with Gasteiger partial charge in [-0.1, -0.05) is 63.3 Å². The average molecular weight is 429 g/mol. The fraction of sp³-hybridized carbons (Fsp3) is 0.560. The van der Waals surface area contributed by atoms with E-state index in [1.807, 2.05) is 57.2 Å². The lowest BCUT2D eigenvalue weighted by atomic mass is 9.93. The highest BCUT2D eigenvalue weighted by Gasteiger charge is 2.26. The zero-order chi connectivity index (χ0) is 22.6. The summed E-state index contributed by atoms with van der Waals surface area (Å²) in [6.07, 6.45) is 7.10. The maximum absolute atomic E-state index is 13.2. The second kappa shape index (κ2) is 12.9. The molecule has 1 aliphatic heterocycles. The summed E-state index contributed by atoms with van der Waals surface area (Å²) in [5, 5.41) is 6.08. The number of nitrogens with one attached hydrogen (secondary N) is 2. The molecule has 1 aromatic carbocycles. The molecule has 2 rings (SSSR count). The summed E-state index contributed by atoms with van der Waals surface area (Å²) in [4.78, 5) is 37.6. The van der Waals surface area contributed by atoms with Gasteiger partial charge in [-0.2, -0.15) is 0 Å². The molecule has 0 aromatic heterocycles. The Balaban J connectivity index is 2.26. The normalized spacial score (nSPS) is 25.8. The first-order chi connectivity index (χ1) is 14.9. The molecule has 0 spiro atoms. The molecule has 0 radical (unpaired) electrons. The molecule has 3 atom stereocenters. The van der Waals surface area contributed by atoms with E-state index >= 15 is 0 Å². The van der Waals surface area contributed by atoms with Gasteiger partial charge in [0.1, 0.15) is 6.04 Å². The van der Waals surface area contributed by atoms with Crippen LogP contribution in [0.2, 0.25) is 0 Å². The third-order valence-corrected chi connectivity index (χ3v) is 5.38. The lowest BCUT2D eigenvalue weighted by Gasteiger charge is -2.27. The Labute approximate surface area is 185 Å². The van der Waals surface area contributed by atoms with Crippen LogP contribution in [-0.4, -0.2) is 30.4 Å². The highest BCUT2D eigenvalue weighted by Crippen LogP contribution is 2.24. The van der Waals surface area contributed by atoms with Gasteiger partial charge in [-0.15, -0.1) is 0 Å². The van der Waals surface area contributed by atoms with E-state index in [0.717, 1.165) is 18.4 Å². The summed E-state index contributed by atoms with van der Waals surface area (Å²) >= 11 is 0. The van der Waals surface area contributed by atoms with Gasteiger partial charge < -0.3 is 15.4 Å². The van der Waals surface area contributed by atoms with E-state index in [9.17, 15) is 14.4 Å². The maximum Gasteiger partial charge on any atom is 0.309 e. The minimum atomic E-state index is -0.574. The molecular formula is C25H36N2O4. The van der Waals surface area contributed by atoms with Crippen molar-refractivity contribution < 1.29 is 19.1 Å². The summed E-state index contributed by atoms with van der Waals surface area (Å²) in [6, 6.07) is 8.90. The number of amides is 2. The minimum Gasteiger partial charge on any atom is -0.465 e. The first-order valence-corrected chi connectivity index (χ1v) is 11.3. The molecule has 0 bridgehead atoms. The topological polar surface area (TPSA) is 84.5 Å². The van der Waals surface area contributed by atoms with Crippen LogP contribution in [-0.2, 0) is 19.1 Å². The first-order valence-electron chi connectivity index (χ1n) is 11.3. The van der Waals surface area contributed by atoms with Crippen LogP contribution in [0.4, 0.5) is 0 Å². The Hall–Kier alpha value is -2.63. The SMILES string of the molecule is CC(C)C[C@H]1NC(=O)CCCCCOC(=O)C/C=C/[C@H](C)[C@H](c2ccccc2)NC1=O. The van der Waals surface area contributed by atoms with Crippen molar-refractivity contribution >= 4 is 17.8 Å². The molecule has 6 heteroatoms. The highest BCUT2D eigenvalue weighted by molar-refractivity contribution is 5.87. The van der Waals surface area contributed by atoms with Crippen LogP contribution in [0, 0.1) is 11.8 Å². The van der Waals surface area contributed by atoms with Crippen LogP contribution in [0.15, 0.2) is 42.5 Å². The quantitative estimate of drug-likeness (QED) is 0.561. The summed E-state index contributed by atoms with van der Waals surface area (Å²) in [6.45, 7) is 6.45. The van der Waals surface area contributed by atoms with Crippen molar-refractivity contribution in [2.75, 3.05) is 6.61 Å². The first kappa shape index (κ1) is 24.6. The van der Waals surface area contributed by atoms with Crippen molar-refractivity contribution in [1.29, 1.82) is 0 Å². The van der Waals surface area contributed by atoms with E-state index in [4.69, 9.17) is 4.74 Å². The summed E-state index contributed by atoms with van der Waals surface area (Å²) in [7, 11) is 0. The number of benzene rings is 1. The van der Waals surface area contributed by atoms with Gasteiger partial charge in [-0.25, -0.2) is 0 Å². The molecule has 0 fully saturated rings. The zero-order valence-electron chi connectivity index (χ0n) is 18.9. The lowest BCUT2D eigenvalue weighted by molar-refractivity contribution is -0.142. The second-order valence-corrected chi connectivity index (χ2v) is 8.67. The predicted molar refractivity (Wildman–Crippen MR) is 121 cm³/mol. The number of esters is 1. The smallest absolute Gasteiger partial charge is 0.309 e. The number of rotatable bonds is 3. The van der Waals surface area contributed by atoms with Crippen LogP contribution >= 0.6 is 0 Å². The number of hydrogen-bond donors (Lipinski definition) is 2. The molecule has 1 heterocycles. The monoisotopic (exact) mass is 428 g/mol. The number of ether oxygens (including phenoxy) is 1. The molecule has 0 aliphatic carbocycles.